The normalized spacial score (nSPS) is 19.0. The minimum Gasteiger partial charge on any atom is -0.496 e. The van der Waals surface area contributed by atoms with Crippen LogP contribution in [0, 0.1) is 5.92 Å². The molecule has 2 aliphatic rings. The van der Waals surface area contributed by atoms with Crippen LogP contribution < -0.4 is 4.74 Å². The van der Waals surface area contributed by atoms with Gasteiger partial charge in [-0.15, -0.1) is 0 Å². The number of halogens is 1. The van der Waals surface area contributed by atoms with E-state index >= 15 is 0 Å². The molecule has 2 heterocycles. The summed E-state index contributed by atoms with van der Waals surface area (Å²) in [7, 11) is -1.71. The molecule has 0 aromatic heterocycles. The van der Waals surface area contributed by atoms with E-state index in [-0.39, 0.29) is 23.5 Å². The van der Waals surface area contributed by atoms with Crippen molar-refractivity contribution in [3.8, 4) is 5.75 Å². The number of sulfonamides is 1. The second-order valence-electron chi connectivity index (χ2n) is 7.54. The lowest BCUT2D eigenvalue weighted by atomic mass is 9.94. The van der Waals surface area contributed by atoms with E-state index in [1.807, 2.05) is 0 Å². The van der Waals surface area contributed by atoms with Crippen molar-refractivity contribution in [3.63, 3.8) is 0 Å². The zero-order valence-electron chi connectivity index (χ0n) is 17.3. The smallest absolute Gasteiger partial charge is 0.257 e. The van der Waals surface area contributed by atoms with Gasteiger partial charge >= 0.3 is 0 Å². The van der Waals surface area contributed by atoms with Gasteiger partial charge in [0.05, 0.1) is 18.4 Å². The third kappa shape index (κ3) is 4.90. The largest absolute Gasteiger partial charge is 0.496 e. The molecule has 0 unspecified atom stereocenters. The Labute approximate surface area is 182 Å². The first-order chi connectivity index (χ1) is 14.3. The Balaban J connectivity index is 1.55. The lowest BCUT2D eigenvalue weighted by Gasteiger charge is -2.38. The van der Waals surface area contributed by atoms with Gasteiger partial charge in [0.15, 0.2) is 0 Å². The molecule has 8 nitrogen and oxygen atoms in total. The zero-order chi connectivity index (χ0) is 21.9. The first-order valence-corrected chi connectivity index (χ1v) is 12.1. The number of benzene rings is 1. The average molecular weight is 458 g/mol. The molecule has 1 aromatic rings. The van der Waals surface area contributed by atoms with Crippen LogP contribution in [-0.2, 0) is 14.8 Å². The minimum absolute atomic E-state index is 0.0518. The Bertz CT molecular complexity index is 892. The second-order valence-corrected chi connectivity index (χ2v) is 10.2. The number of piperidine rings is 1. The number of methoxy groups -OCH3 is 1. The number of hydrogen-bond donors (Lipinski definition) is 0. The summed E-state index contributed by atoms with van der Waals surface area (Å²) in [5.74, 6) is 0.298. The monoisotopic (exact) mass is 457 g/mol. The molecule has 0 atom stereocenters. The van der Waals surface area contributed by atoms with Crippen molar-refractivity contribution in [3.05, 3.63) is 28.8 Å². The molecule has 166 valence electrons. The molecular formula is C20H28ClN3O5S. The van der Waals surface area contributed by atoms with Crippen LogP contribution in [0.3, 0.4) is 0 Å². The van der Waals surface area contributed by atoms with Gasteiger partial charge in [0.25, 0.3) is 5.91 Å². The number of hydrogen-bond acceptors (Lipinski definition) is 5. The molecule has 2 saturated heterocycles. The number of ether oxygens (including phenoxy) is 1. The summed E-state index contributed by atoms with van der Waals surface area (Å²) in [5, 5.41) is 0.466. The molecule has 3 rings (SSSR count). The number of rotatable bonds is 5. The van der Waals surface area contributed by atoms with Gasteiger partial charge in [0.1, 0.15) is 5.75 Å². The van der Waals surface area contributed by atoms with Gasteiger partial charge in [-0.3, -0.25) is 9.59 Å². The molecule has 0 saturated carbocycles. The topological polar surface area (TPSA) is 87.2 Å². The molecule has 2 amide bonds. The summed E-state index contributed by atoms with van der Waals surface area (Å²) in [6.07, 6.45) is 1.17. The predicted octanol–water partition coefficient (Wildman–Crippen LogP) is 1.69. The van der Waals surface area contributed by atoms with Crippen LogP contribution in [-0.4, -0.2) is 86.5 Å². The van der Waals surface area contributed by atoms with Crippen LogP contribution in [0.1, 0.15) is 30.1 Å². The van der Waals surface area contributed by atoms with Crippen molar-refractivity contribution in [2.24, 2.45) is 5.92 Å². The number of nitrogens with zero attached hydrogens (tertiary/aromatic N) is 3. The average Bonchev–Trinajstić information content (AvgIpc) is 2.78. The highest BCUT2D eigenvalue weighted by molar-refractivity contribution is 7.89. The van der Waals surface area contributed by atoms with E-state index in [0.29, 0.717) is 68.4 Å². The first-order valence-electron chi connectivity index (χ1n) is 10.2. The molecule has 30 heavy (non-hydrogen) atoms. The van der Waals surface area contributed by atoms with Crippen molar-refractivity contribution >= 4 is 33.4 Å². The highest BCUT2D eigenvalue weighted by Gasteiger charge is 2.34. The van der Waals surface area contributed by atoms with Crippen LogP contribution in [0.25, 0.3) is 0 Å². The maximum Gasteiger partial charge on any atom is 0.257 e. The van der Waals surface area contributed by atoms with Gasteiger partial charge in [-0.05, 0) is 38.0 Å². The summed E-state index contributed by atoms with van der Waals surface area (Å²) in [6, 6.07) is 4.95. The number of amides is 2. The highest BCUT2D eigenvalue weighted by Crippen LogP contribution is 2.27. The molecule has 0 aliphatic carbocycles. The van der Waals surface area contributed by atoms with Crippen molar-refractivity contribution in [2.45, 2.75) is 19.8 Å². The quantitative estimate of drug-likeness (QED) is 0.671. The van der Waals surface area contributed by atoms with E-state index < -0.39 is 10.0 Å². The molecule has 2 aliphatic heterocycles. The van der Waals surface area contributed by atoms with Crippen molar-refractivity contribution in [1.29, 1.82) is 0 Å². The van der Waals surface area contributed by atoms with Crippen LogP contribution >= 0.6 is 11.6 Å². The van der Waals surface area contributed by atoms with Gasteiger partial charge in [0.2, 0.25) is 15.9 Å². The molecule has 0 radical (unpaired) electrons. The van der Waals surface area contributed by atoms with Crippen molar-refractivity contribution in [1.82, 2.24) is 14.1 Å². The molecule has 10 heteroatoms. The fraction of sp³-hybridized carbons (Fsp3) is 0.600. The number of likely N-dealkylation sites (tertiary alicyclic amines) is 1. The Kier molecular flexibility index (Phi) is 7.26. The number of carbonyl (C=O) groups is 2. The maximum atomic E-state index is 12.9. The fourth-order valence-electron chi connectivity index (χ4n) is 3.97. The Morgan fingerprint density at radius 3 is 2.27 bits per heavy atom. The standard InChI is InChI=1S/C20H28ClN3O5S/c1-3-30(27,28)24-12-10-23(11-13-24)19(25)15-6-8-22(9-7-15)20(26)17-14-16(21)4-5-18(17)29-2/h4-5,14-15H,3,6-13H2,1-2H3. The van der Waals surface area contributed by atoms with E-state index in [1.54, 1.807) is 34.9 Å². The zero-order valence-corrected chi connectivity index (χ0v) is 18.9. The van der Waals surface area contributed by atoms with E-state index in [2.05, 4.69) is 0 Å². The second kappa shape index (κ2) is 9.53. The fourth-order valence-corrected chi connectivity index (χ4v) is 5.23. The Morgan fingerprint density at radius 1 is 1.07 bits per heavy atom. The summed E-state index contributed by atoms with van der Waals surface area (Å²) in [5.41, 5.74) is 0.419. The maximum absolute atomic E-state index is 12.9. The lowest BCUT2D eigenvalue weighted by Crippen LogP contribution is -2.53. The molecule has 0 N–H and O–H groups in total. The van der Waals surface area contributed by atoms with Crippen LogP contribution in [0.4, 0.5) is 0 Å². The lowest BCUT2D eigenvalue weighted by molar-refractivity contribution is -0.138. The van der Waals surface area contributed by atoms with Crippen molar-refractivity contribution in [2.75, 3.05) is 52.1 Å². The molecular weight excluding hydrogens is 430 g/mol. The summed E-state index contributed by atoms with van der Waals surface area (Å²) < 4.78 is 30.7. The minimum atomic E-state index is -3.22. The summed E-state index contributed by atoms with van der Waals surface area (Å²) >= 11 is 6.04. The predicted molar refractivity (Wildman–Crippen MR) is 114 cm³/mol. The van der Waals surface area contributed by atoms with E-state index in [4.69, 9.17) is 16.3 Å². The number of carbonyl (C=O) groups excluding carboxylic acids is 2. The molecule has 0 bridgehead atoms. The Hall–Kier alpha value is -1.84. The van der Waals surface area contributed by atoms with Crippen LogP contribution in [0.2, 0.25) is 5.02 Å². The first kappa shape index (κ1) is 22.8. The van der Waals surface area contributed by atoms with Crippen LogP contribution in [0.5, 0.6) is 5.75 Å². The summed E-state index contributed by atoms with van der Waals surface area (Å²) in [6.45, 7) is 4.10. The SMILES string of the molecule is CCS(=O)(=O)N1CCN(C(=O)C2CCN(C(=O)c3cc(Cl)ccc3OC)CC2)CC1. The molecule has 1 aromatic carbocycles. The van der Waals surface area contributed by atoms with E-state index in [1.165, 1.54) is 11.4 Å². The van der Waals surface area contributed by atoms with Crippen molar-refractivity contribution < 1.29 is 22.7 Å². The van der Waals surface area contributed by atoms with E-state index in [9.17, 15) is 18.0 Å². The third-order valence-electron chi connectivity index (χ3n) is 5.83. The van der Waals surface area contributed by atoms with Gasteiger partial charge in [-0.25, -0.2) is 8.42 Å². The molecule has 0 spiro atoms. The third-order valence-corrected chi connectivity index (χ3v) is 7.95. The van der Waals surface area contributed by atoms with E-state index in [0.717, 1.165) is 0 Å². The number of piperazine rings is 1. The van der Waals surface area contributed by atoms with Crippen LogP contribution in [0.15, 0.2) is 18.2 Å². The van der Waals surface area contributed by atoms with Gasteiger partial charge in [0, 0.05) is 50.2 Å². The Morgan fingerprint density at radius 2 is 1.70 bits per heavy atom. The summed E-state index contributed by atoms with van der Waals surface area (Å²) in [4.78, 5) is 29.3. The van der Waals surface area contributed by atoms with Gasteiger partial charge < -0.3 is 14.5 Å². The van der Waals surface area contributed by atoms with Gasteiger partial charge in [-0.2, -0.15) is 4.31 Å². The molecule has 2 fully saturated rings. The highest BCUT2D eigenvalue weighted by atomic mass is 35.5. The van der Waals surface area contributed by atoms with Gasteiger partial charge in [-0.1, -0.05) is 11.6 Å².